The predicted molar refractivity (Wildman–Crippen MR) is 76.8 cm³/mol. The van der Waals surface area contributed by atoms with Crippen LogP contribution < -0.4 is 5.73 Å². The summed E-state index contributed by atoms with van der Waals surface area (Å²) in [5.74, 6) is 0. The van der Waals surface area contributed by atoms with Crippen molar-refractivity contribution in [2.75, 3.05) is 6.54 Å². The van der Waals surface area contributed by atoms with Gasteiger partial charge >= 0.3 is 0 Å². The SMILES string of the molecule is Cc1cccc(S(=O)(=O)N2CC[C@H](N)C[C@@H]2C)c1Cl. The third-order valence-electron chi connectivity index (χ3n) is 3.60. The molecule has 6 heteroatoms. The second-order valence-electron chi connectivity index (χ2n) is 5.14. The molecule has 19 heavy (non-hydrogen) atoms. The van der Waals surface area contributed by atoms with Crippen LogP contribution in [0.5, 0.6) is 0 Å². The molecule has 0 spiro atoms. The van der Waals surface area contributed by atoms with Crippen molar-refractivity contribution in [2.24, 2.45) is 5.73 Å². The molecule has 2 atom stereocenters. The minimum atomic E-state index is -3.54. The Morgan fingerprint density at radius 2 is 2.11 bits per heavy atom. The van der Waals surface area contributed by atoms with Gasteiger partial charge in [-0.1, -0.05) is 23.7 Å². The van der Waals surface area contributed by atoms with Crippen LogP contribution in [0, 0.1) is 6.92 Å². The minimum Gasteiger partial charge on any atom is -0.328 e. The summed E-state index contributed by atoms with van der Waals surface area (Å²) in [7, 11) is -3.54. The third-order valence-corrected chi connectivity index (χ3v) is 6.27. The molecule has 1 aromatic carbocycles. The summed E-state index contributed by atoms with van der Waals surface area (Å²) < 4.78 is 26.9. The number of halogens is 1. The summed E-state index contributed by atoms with van der Waals surface area (Å²) in [4.78, 5) is 0.191. The van der Waals surface area contributed by atoms with Gasteiger partial charge < -0.3 is 5.73 Å². The fraction of sp³-hybridized carbons (Fsp3) is 0.538. The van der Waals surface area contributed by atoms with Crippen LogP contribution in [0.25, 0.3) is 0 Å². The molecule has 0 bridgehead atoms. The van der Waals surface area contributed by atoms with Gasteiger partial charge in [-0.05, 0) is 38.3 Å². The zero-order valence-electron chi connectivity index (χ0n) is 11.1. The number of nitrogens with zero attached hydrogens (tertiary/aromatic N) is 1. The molecule has 0 radical (unpaired) electrons. The van der Waals surface area contributed by atoms with Crippen molar-refractivity contribution >= 4 is 21.6 Å². The van der Waals surface area contributed by atoms with Gasteiger partial charge in [0.2, 0.25) is 10.0 Å². The monoisotopic (exact) mass is 302 g/mol. The second kappa shape index (κ2) is 5.40. The highest BCUT2D eigenvalue weighted by Crippen LogP contribution is 2.30. The van der Waals surface area contributed by atoms with E-state index in [0.717, 1.165) is 5.56 Å². The van der Waals surface area contributed by atoms with E-state index in [1.165, 1.54) is 4.31 Å². The molecule has 1 fully saturated rings. The first-order valence-corrected chi connectivity index (χ1v) is 8.18. The number of hydrogen-bond donors (Lipinski definition) is 1. The molecule has 1 aromatic rings. The van der Waals surface area contributed by atoms with Gasteiger partial charge in [-0.3, -0.25) is 0 Å². The van der Waals surface area contributed by atoms with Gasteiger partial charge in [-0.2, -0.15) is 4.31 Å². The molecule has 1 heterocycles. The maximum atomic E-state index is 12.7. The third kappa shape index (κ3) is 2.79. The molecule has 0 saturated carbocycles. The van der Waals surface area contributed by atoms with Crippen molar-refractivity contribution in [3.63, 3.8) is 0 Å². The summed E-state index contributed by atoms with van der Waals surface area (Å²) >= 11 is 6.14. The Bertz CT molecular complexity index is 574. The van der Waals surface area contributed by atoms with Gasteiger partial charge in [-0.15, -0.1) is 0 Å². The van der Waals surface area contributed by atoms with E-state index in [1.807, 2.05) is 6.92 Å². The Hall–Kier alpha value is -0.620. The van der Waals surface area contributed by atoms with Crippen LogP contribution in [0.3, 0.4) is 0 Å². The molecule has 106 valence electrons. The fourth-order valence-corrected chi connectivity index (χ4v) is 4.70. The molecule has 0 unspecified atom stereocenters. The molecule has 0 aliphatic carbocycles. The van der Waals surface area contributed by atoms with E-state index in [0.29, 0.717) is 24.4 Å². The van der Waals surface area contributed by atoms with Crippen LogP contribution in [-0.2, 0) is 10.0 Å². The number of rotatable bonds is 2. The number of sulfonamides is 1. The lowest BCUT2D eigenvalue weighted by Crippen LogP contribution is -2.48. The van der Waals surface area contributed by atoms with Gasteiger partial charge in [0.15, 0.2) is 0 Å². The zero-order chi connectivity index (χ0) is 14.2. The van der Waals surface area contributed by atoms with Gasteiger partial charge in [0.25, 0.3) is 0 Å². The van der Waals surface area contributed by atoms with Crippen molar-refractivity contribution in [1.29, 1.82) is 0 Å². The van der Waals surface area contributed by atoms with Crippen LogP contribution >= 0.6 is 11.6 Å². The minimum absolute atomic E-state index is 0.0782. The molecule has 1 aliphatic rings. The Kier molecular flexibility index (Phi) is 4.20. The summed E-state index contributed by atoms with van der Waals surface area (Å²) in [6.45, 7) is 4.14. The maximum absolute atomic E-state index is 12.7. The van der Waals surface area contributed by atoms with E-state index in [1.54, 1.807) is 25.1 Å². The highest BCUT2D eigenvalue weighted by molar-refractivity contribution is 7.89. The predicted octanol–water partition coefficient (Wildman–Crippen LogP) is 2.15. The molecular weight excluding hydrogens is 284 g/mol. The molecule has 0 amide bonds. The van der Waals surface area contributed by atoms with Crippen LogP contribution in [0.2, 0.25) is 5.02 Å². The molecule has 1 aliphatic heterocycles. The Balaban J connectivity index is 2.40. The first kappa shape index (κ1) is 14.8. The number of hydrogen-bond acceptors (Lipinski definition) is 3. The normalized spacial score (nSPS) is 25.5. The smallest absolute Gasteiger partial charge is 0.244 e. The van der Waals surface area contributed by atoms with E-state index in [2.05, 4.69) is 0 Å². The molecule has 1 saturated heterocycles. The van der Waals surface area contributed by atoms with Crippen molar-refractivity contribution in [1.82, 2.24) is 4.31 Å². The lowest BCUT2D eigenvalue weighted by molar-refractivity contribution is 0.247. The average Bonchev–Trinajstić information content (AvgIpc) is 2.31. The molecule has 2 N–H and O–H groups in total. The summed E-state index contributed by atoms with van der Waals surface area (Å²) in [6.07, 6.45) is 1.37. The largest absolute Gasteiger partial charge is 0.328 e. The molecule has 2 rings (SSSR count). The number of benzene rings is 1. The maximum Gasteiger partial charge on any atom is 0.244 e. The second-order valence-corrected chi connectivity index (χ2v) is 7.37. The lowest BCUT2D eigenvalue weighted by atomic mass is 10.0. The van der Waals surface area contributed by atoms with E-state index in [-0.39, 0.29) is 17.0 Å². The quantitative estimate of drug-likeness (QED) is 0.910. The van der Waals surface area contributed by atoms with Crippen molar-refractivity contribution < 1.29 is 8.42 Å². The van der Waals surface area contributed by atoms with Crippen molar-refractivity contribution in [3.8, 4) is 0 Å². The summed E-state index contributed by atoms with van der Waals surface area (Å²) in [5, 5.41) is 0.310. The molecular formula is C13H19ClN2O2S. The molecule has 4 nitrogen and oxygen atoms in total. The van der Waals surface area contributed by atoms with Gasteiger partial charge in [0.1, 0.15) is 4.90 Å². The topological polar surface area (TPSA) is 63.4 Å². The zero-order valence-corrected chi connectivity index (χ0v) is 12.7. The lowest BCUT2D eigenvalue weighted by Gasteiger charge is -2.35. The molecule has 0 aromatic heterocycles. The van der Waals surface area contributed by atoms with E-state index in [9.17, 15) is 8.42 Å². The van der Waals surface area contributed by atoms with Crippen LogP contribution in [-0.4, -0.2) is 31.4 Å². The Morgan fingerprint density at radius 1 is 1.42 bits per heavy atom. The van der Waals surface area contributed by atoms with E-state index >= 15 is 0 Å². The Labute approximate surface area is 119 Å². The number of piperidine rings is 1. The van der Waals surface area contributed by atoms with Gasteiger partial charge in [0, 0.05) is 18.6 Å². The average molecular weight is 303 g/mol. The van der Waals surface area contributed by atoms with Crippen molar-refractivity contribution in [3.05, 3.63) is 28.8 Å². The van der Waals surface area contributed by atoms with Crippen LogP contribution in [0.4, 0.5) is 0 Å². The van der Waals surface area contributed by atoms with Gasteiger partial charge in [0.05, 0.1) is 5.02 Å². The van der Waals surface area contributed by atoms with Crippen LogP contribution in [0.15, 0.2) is 23.1 Å². The number of nitrogens with two attached hydrogens (primary N) is 1. The highest BCUT2D eigenvalue weighted by Gasteiger charge is 2.34. The first-order chi connectivity index (χ1) is 8.84. The fourth-order valence-electron chi connectivity index (χ4n) is 2.49. The van der Waals surface area contributed by atoms with Gasteiger partial charge in [-0.25, -0.2) is 8.42 Å². The summed E-state index contributed by atoms with van der Waals surface area (Å²) in [6, 6.07) is 5.07. The van der Waals surface area contributed by atoms with Crippen molar-refractivity contribution in [2.45, 2.75) is 43.7 Å². The van der Waals surface area contributed by atoms with E-state index < -0.39 is 10.0 Å². The summed E-state index contributed by atoms with van der Waals surface area (Å²) in [5.41, 5.74) is 6.64. The van der Waals surface area contributed by atoms with Crippen LogP contribution in [0.1, 0.15) is 25.3 Å². The van der Waals surface area contributed by atoms with E-state index in [4.69, 9.17) is 17.3 Å². The highest BCUT2D eigenvalue weighted by atomic mass is 35.5. The Morgan fingerprint density at radius 3 is 2.74 bits per heavy atom. The standard InChI is InChI=1S/C13H19ClN2O2S/c1-9-4-3-5-12(13(9)14)19(17,18)16-7-6-11(15)8-10(16)2/h3-5,10-11H,6-8,15H2,1-2H3/t10-,11-/m0/s1. The first-order valence-electron chi connectivity index (χ1n) is 6.36. The number of aryl methyl sites for hydroxylation is 1.